The van der Waals surface area contributed by atoms with Crippen molar-refractivity contribution < 1.29 is 24.1 Å². The quantitative estimate of drug-likeness (QED) is 0.408. The number of methoxy groups -OCH3 is 1. The highest BCUT2D eigenvalue weighted by atomic mass is 16.6. The second-order valence-corrected chi connectivity index (χ2v) is 1.96. The van der Waals surface area contributed by atoms with E-state index in [4.69, 9.17) is 14.6 Å². The monoisotopic (exact) mass is 178 g/mol. The van der Waals surface area contributed by atoms with Gasteiger partial charge in [-0.2, -0.15) is 0 Å². The molecule has 72 valence electrons. The molecule has 5 heteroatoms. The van der Waals surface area contributed by atoms with Crippen LogP contribution in [-0.4, -0.2) is 51.2 Å². The Hall–Kier alpha value is -0.650. The Bertz CT molecular complexity index is 114. The zero-order valence-electron chi connectivity index (χ0n) is 7.12. The molecule has 1 N–H and O–H groups in total. The van der Waals surface area contributed by atoms with Crippen molar-refractivity contribution in [2.24, 2.45) is 0 Å². The van der Waals surface area contributed by atoms with Crippen molar-refractivity contribution in [1.29, 1.82) is 0 Å². The van der Waals surface area contributed by atoms with Gasteiger partial charge in [0.2, 0.25) is 0 Å². The lowest BCUT2D eigenvalue weighted by Crippen LogP contribution is -2.14. The third-order valence-corrected chi connectivity index (χ3v) is 1.06. The normalized spacial score (nSPS) is 9.83. The molecule has 0 saturated carbocycles. The lowest BCUT2D eigenvalue weighted by Gasteiger charge is -2.02. The van der Waals surface area contributed by atoms with Gasteiger partial charge in [0, 0.05) is 0 Å². The number of rotatable bonds is 7. The molecule has 0 radical (unpaired) electrons. The number of hydrogen-bond donors (Lipinski definition) is 1. The molecule has 0 rings (SSSR count). The lowest BCUT2D eigenvalue weighted by molar-refractivity contribution is -0.146. The number of ether oxygens (including phenoxy) is 3. The minimum Gasteiger partial charge on any atom is -0.467 e. The first-order valence-electron chi connectivity index (χ1n) is 3.64. The van der Waals surface area contributed by atoms with E-state index in [0.717, 1.165) is 0 Å². The van der Waals surface area contributed by atoms with Gasteiger partial charge in [-0.25, -0.2) is 4.79 Å². The van der Waals surface area contributed by atoms with Crippen molar-refractivity contribution in [1.82, 2.24) is 0 Å². The molecule has 0 unspecified atom stereocenters. The average Bonchev–Trinajstić information content (AvgIpc) is 2.10. The summed E-state index contributed by atoms with van der Waals surface area (Å²) in [7, 11) is 1.30. The summed E-state index contributed by atoms with van der Waals surface area (Å²) < 4.78 is 14.1. The van der Waals surface area contributed by atoms with E-state index in [1.54, 1.807) is 0 Å². The van der Waals surface area contributed by atoms with Gasteiger partial charge in [0.25, 0.3) is 0 Å². The highest BCUT2D eigenvalue weighted by Crippen LogP contribution is 1.80. The van der Waals surface area contributed by atoms with Gasteiger partial charge in [-0.05, 0) is 0 Å². The van der Waals surface area contributed by atoms with Gasteiger partial charge in [-0.15, -0.1) is 0 Å². The lowest BCUT2D eigenvalue weighted by atomic mass is 10.7. The summed E-state index contributed by atoms with van der Waals surface area (Å²) in [6.45, 7) is 0.935. The van der Waals surface area contributed by atoms with E-state index in [1.165, 1.54) is 7.11 Å². The van der Waals surface area contributed by atoms with Crippen molar-refractivity contribution in [3.05, 3.63) is 0 Å². The third kappa shape index (κ3) is 7.46. The summed E-state index contributed by atoms with van der Waals surface area (Å²) in [6, 6.07) is 0. The molecular formula is C7H14O5. The molecule has 0 aromatic carbocycles. The van der Waals surface area contributed by atoms with E-state index >= 15 is 0 Å². The molecule has 0 saturated heterocycles. The van der Waals surface area contributed by atoms with Gasteiger partial charge in [-0.1, -0.05) is 0 Å². The average molecular weight is 178 g/mol. The van der Waals surface area contributed by atoms with Crippen LogP contribution in [-0.2, 0) is 19.0 Å². The van der Waals surface area contributed by atoms with Crippen molar-refractivity contribution in [2.45, 2.75) is 0 Å². The standard InChI is InChI=1S/C7H14O5/c1-10-7(9)6-12-5-4-11-3-2-8/h8H,2-6H2,1H3. The molecule has 0 fully saturated rings. The van der Waals surface area contributed by atoms with Crippen LogP contribution in [0.3, 0.4) is 0 Å². The van der Waals surface area contributed by atoms with Gasteiger partial charge >= 0.3 is 5.97 Å². The molecule has 0 amide bonds. The molecule has 0 aliphatic rings. The molecule has 0 aliphatic heterocycles. The molecule has 5 nitrogen and oxygen atoms in total. The number of carbonyl (C=O) groups excluding carboxylic acids is 1. The number of carbonyl (C=O) groups is 1. The van der Waals surface area contributed by atoms with Gasteiger partial charge < -0.3 is 19.3 Å². The molecule has 0 atom stereocenters. The number of esters is 1. The van der Waals surface area contributed by atoms with Crippen LogP contribution < -0.4 is 0 Å². The van der Waals surface area contributed by atoms with Crippen molar-refractivity contribution in [2.75, 3.05) is 40.1 Å². The third-order valence-electron chi connectivity index (χ3n) is 1.06. The van der Waals surface area contributed by atoms with E-state index in [2.05, 4.69) is 4.74 Å². The molecule has 0 aromatic heterocycles. The minimum absolute atomic E-state index is 0.00297. The first kappa shape index (κ1) is 11.4. The first-order chi connectivity index (χ1) is 5.81. The summed E-state index contributed by atoms with van der Waals surface area (Å²) >= 11 is 0. The smallest absolute Gasteiger partial charge is 0.331 e. The number of aliphatic hydroxyl groups excluding tert-OH is 1. The van der Waals surface area contributed by atoms with E-state index in [0.29, 0.717) is 19.8 Å². The van der Waals surface area contributed by atoms with Crippen LogP contribution >= 0.6 is 0 Å². The van der Waals surface area contributed by atoms with Gasteiger partial charge in [0.05, 0.1) is 33.5 Å². The topological polar surface area (TPSA) is 65.0 Å². The molecule has 0 aromatic rings. The van der Waals surface area contributed by atoms with Gasteiger partial charge in [0.1, 0.15) is 6.61 Å². The van der Waals surface area contributed by atoms with Crippen LogP contribution in [0.5, 0.6) is 0 Å². The van der Waals surface area contributed by atoms with Gasteiger partial charge in [-0.3, -0.25) is 0 Å². The Morgan fingerprint density at radius 3 is 2.50 bits per heavy atom. The number of hydrogen-bond acceptors (Lipinski definition) is 5. The molecule has 0 aliphatic carbocycles. The zero-order chi connectivity index (χ0) is 9.23. The minimum atomic E-state index is -0.405. The van der Waals surface area contributed by atoms with E-state index < -0.39 is 5.97 Å². The van der Waals surface area contributed by atoms with Crippen molar-refractivity contribution in [3.8, 4) is 0 Å². The number of aliphatic hydroxyl groups is 1. The molecule has 12 heavy (non-hydrogen) atoms. The molecular weight excluding hydrogens is 164 g/mol. The maximum atomic E-state index is 10.5. The van der Waals surface area contributed by atoms with E-state index in [-0.39, 0.29) is 13.2 Å². The Labute approximate surface area is 71.2 Å². The van der Waals surface area contributed by atoms with Crippen LogP contribution in [0.4, 0.5) is 0 Å². The van der Waals surface area contributed by atoms with Crippen LogP contribution in [0, 0.1) is 0 Å². The maximum Gasteiger partial charge on any atom is 0.331 e. The Balaban J connectivity index is 2.95. The fourth-order valence-corrected chi connectivity index (χ4v) is 0.499. The Kier molecular flexibility index (Phi) is 7.99. The predicted octanol–water partition coefficient (Wildman–Crippen LogP) is -0.815. The van der Waals surface area contributed by atoms with Crippen molar-refractivity contribution >= 4 is 5.97 Å². The van der Waals surface area contributed by atoms with Gasteiger partial charge in [0.15, 0.2) is 0 Å². The second kappa shape index (κ2) is 8.45. The summed E-state index contributed by atoms with van der Waals surface area (Å²) in [6.07, 6.45) is 0. The van der Waals surface area contributed by atoms with Crippen LogP contribution in [0.2, 0.25) is 0 Å². The van der Waals surface area contributed by atoms with Crippen LogP contribution in [0.25, 0.3) is 0 Å². The van der Waals surface area contributed by atoms with E-state index in [1.807, 2.05) is 0 Å². The molecule has 0 spiro atoms. The fraction of sp³-hybridized carbons (Fsp3) is 0.857. The fourth-order valence-electron chi connectivity index (χ4n) is 0.499. The summed E-state index contributed by atoms with van der Waals surface area (Å²) in [5, 5.41) is 8.31. The van der Waals surface area contributed by atoms with E-state index in [9.17, 15) is 4.79 Å². The Morgan fingerprint density at radius 2 is 1.92 bits per heavy atom. The largest absolute Gasteiger partial charge is 0.467 e. The summed E-state index contributed by atoms with van der Waals surface area (Å²) in [4.78, 5) is 10.5. The van der Waals surface area contributed by atoms with Crippen LogP contribution in [0.15, 0.2) is 0 Å². The highest BCUT2D eigenvalue weighted by molar-refractivity contribution is 5.70. The second-order valence-electron chi connectivity index (χ2n) is 1.96. The Morgan fingerprint density at radius 1 is 1.25 bits per heavy atom. The maximum absolute atomic E-state index is 10.5. The summed E-state index contributed by atoms with van der Waals surface area (Å²) in [5.74, 6) is -0.405. The highest BCUT2D eigenvalue weighted by Gasteiger charge is 1.98. The summed E-state index contributed by atoms with van der Waals surface area (Å²) in [5.41, 5.74) is 0. The first-order valence-corrected chi connectivity index (χ1v) is 3.64. The van der Waals surface area contributed by atoms with Crippen LogP contribution in [0.1, 0.15) is 0 Å². The van der Waals surface area contributed by atoms with Crippen molar-refractivity contribution in [3.63, 3.8) is 0 Å². The SMILES string of the molecule is COC(=O)COCCOCCO. The molecule has 0 heterocycles. The molecule has 0 bridgehead atoms. The predicted molar refractivity (Wildman–Crippen MR) is 40.7 cm³/mol. The zero-order valence-corrected chi connectivity index (χ0v) is 7.12.